The molecule has 3 nitrogen and oxygen atoms in total. The van der Waals surface area contributed by atoms with Crippen LogP contribution in [0.2, 0.25) is 0 Å². The van der Waals surface area contributed by atoms with Crippen molar-refractivity contribution in [2.24, 2.45) is 5.10 Å². The molecule has 0 saturated heterocycles. The maximum Gasteiger partial charge on any atom is 0.116 e. The molecule has 1 rings (SSSR count). The van der Waals surface area contributed by atoms with Crippen LogP contribution in [0, 0.1) is 0 Å². The van der Waals surface area contributed by atoms with E-state index in [4.69, 9.17) is 0 Å². The number of rotatable bonds is 2. The van der Waals surface area contributed by atoms with Crippen LogP contribution in [0.25, 0.3) is 0 Å². The third-order valence-corrected chi connectivity index (χ3v) is 1.86. The lowest BCUT2D eigenvalue weighted by Gasteiger charge is -2.23. The monoisotopic (exact) mass is 141 g/mol. The van der Waals surface area contributed by atoms with Crippen molar-refractivity contribution >= 4 is 6.34 Å². The van der Waals surface area contributed by atoms with Gasteiger partial charge in [0.15, 0.2) is 0 Å². The normalized spacial score (nSPS) is 24.5. The Kier molecular flexibility index (Phi) is 2.14. The first-order chi connectivity index (χ1) is 4.75. The second-order valence-electron chi connectivity index (χ2n) is 2.69. The molecule has 0 N–H and O–H groups in total. The van der Waals surface area contributed by atoms with E-state index in [-0.39, 0.29) is 0 Å². The topological polar surface area (TPSA) is 18.8 Å². The van der Waals surface area contributed by atoms with Crippen molar-refractivity contribution in [3.8, 4) is 0 Å². The molecule has 0 aliphatic carbocycles. The summed E-state index contributed by atoms with van der Waals surface area (Å²) in [6, 6.07) is 0. The van der Waals surface area contributed by atoms with Gasteiger partial charge in [-0.15, -0.1) is 0 Å². The Bertz CT molecular complexity index is 133. The minimum absolute atomic E-state index is 0.444. The quantitative estimate of drug-likeness (QED) is 0.569. The average Bonchev–Trinajstić information content (AvgIpc) is 2.20. The molecule has 1 aliphatic rings. The van der Waals surface area contributed by atoms with Gasteiger partial charge >= 0.3 is 0 Å². The molecule has 0 spiro atoms. The van der Waals surface area contributed by atoms with Crippen molar-refractivity contribution in [2.75, 3.05) is 13.6 Å². The van der Waals surface area contributed by atoms with Crippen molar-refractivity contribution in [1.82, 2.24) is 9.91 Å². The van der Waals surface area contributed by atoms with Gasteiger partial charge in [-0.1, -0.05) is 6.92 Å². The third kappa shape index (κ3) is 1.23. The van der Waals surface area contributed by atoms with E-state index < -0.39 is 0 Å². The van der Waals surface area contributed by atoms with Crippen molar-refractivity contribution in [3.63, 3.8) is 0 Å². The molecule has 0 fully saturated rings. The zero-order valence-electron chi connectivity index (χ0n) is 6.91. The number of hydrazone groups is 1. The molecular weight excluding hydrogens is 126 g/mol. The molecular formula is C7H15N3. The minimum atomic E-state index is 0.444. The second-order valence-corrected chi connectivity index (χ2v) is 2.69. The molecule has 0 radical (unpaired) electrons. The van der Waals surface area contributed by atoms with Gasteiger partial charge in [-0.05, 0) is 13.3 Å². The van der Waals surface area contributed by atoms with Gasteiger partial charge in [-0.3, -0.25) is 5.01 Å². The van der Waals surface area contributed by atoms with Gasteiger partial charge in [-0.25, -0.2) is 0 Å². The van der Waals surface area contributed by atoms with E-state index in [9.17, 15) is 0 Å². The Morgan fingerprint density at radius 1 is 1.60 bits per heavy atom. The van der Waals surface area contributed by atoms with E-state index in [1.54, 1.807) is 0 Å². The fourth-order valence-corrected chi connectivity index (χ4v) is 1.02. The van der Waals surface area contributed by atoms with Crippen LogP contribution >= 0.6 is 0 Å². The van der Waals surface area contributed by atoms with E-state index in [1.165, 1.54) is 0 Å². The summed E-state index contributed by atoms with van der Waals surface area (Å²) >= 11 is 0. The molecule has 0 bridgehead atoms. The molecule has 1 aliphatic heterocycles. The van der Waals surface area contributed by atoms with Crippen LogP contribution in [0.4, 0.5) is 0 Å². The Balaban J connectivity index is 2.41. The first-order valence-electron chi connectivity index (χ1n) is 3.78. The smallest absolute Gasteiger partial charge is 0.116 e. The fourth-order valence-electron chi connectivity index (χ4n) is 1.02. The summed E-state index contributed by atoms with van der Waals surface area (Å²) in [5, 5.41) is 6.32. The van der Waals surface area contributed by atoms with E-state index in [0.717, 1.165) is 13.0 Å². The van der Waals surface area contributed by atoms with Gasteiger partial charge in [0.25, 0.3) is 0 Å². The number of nitrogens with zero attached hydrogens (tertiary/aromatic N) is 3. The Hall–Kier alpha value is -0.730. The van der Waals surface area contributed by atoms with E-state index in [1.807, 2.05) is 13.4 Å². The van der Waals surface area contributed by atoms with E-state index >= 15 is 0 Å². The molecule has 10 heavy (non-hydrogen) atoms. The Labute approximate surface area is 62.3 Å². The predicted octanol–water partition coefficient (Wildman–Crippen LogP) is 0.933. The summed E-state index contributed by atoms with van der Waals surface area (Å²) in [4.78, 5) is 2.11. The summed E-state index contributed by atoms with van der Waals surface area (Å²) in [5.41, 5.74) is 0. The van der Waals surface area contributed by atoms with Crippen molar-refractivity contribution in [1.29, 1.82) is 0 Å². The fraction of sp³-hybridized carbons (Fsp3) is 0.857. The van der Waals surface area contributed by atoms with Crippen LogP contribution in [-0.2, 0) is 0 Å². The van der Waals surface area contributed by atoms with Gasteiger partial charge in [-0.2, -0.15) is 5.10 Å². The molecule has 1 unspecified atom stereocenters. The third-order valence-electron chi connectivity index (χ3n) is 1.86. The second kappa shape index (κ2) is 2.90. The summed E-state index contributed by atoms with van der Waals surface area (Å²) in [6.45, 7) is 5.38. The minimum Gasteiger partial charge on any atom is -0.343 e. The molecule has 1 atom stereocenters. The van der Waals surface area contributed by atoms with Crippen molar-refractivity contribution in [3.05, 3.63) is 0 Å². The maximum atomic E-state index is 4.22. The highest BCUT2D eigenvalue weighted by Crippen LogP contribution is 2.08. The SMILES string of the molecule is CCCN1N=CN(C)C1C. The van der Waals surface area contributed by atoms with Crippen LogP contribution in [0.1, 0.15) is 20.3 Å². The molecule has 1 heterocycles. The lowest BCUT2D eigenvalue weighted by atomic mass is 10.4. The highest BCUT2D eigenvalue weighted by atomic mass is 15.6. The maximum absolute atomic E-state index is 4.22. The van der Waals surface area contributed by atoms with Gasteiger partial charge in [0.05, 0.1) is 0 Å². The van der Waals surface area contributed by atoms with Crippen molar-refractivity contribution < 1.29 is 0 Å². The lowest BCUT2D eigenvalue weighted by Crippen LogP contribution is -2.34. The summed E-state index contributed by atoms with van der Waals surface area (Å²) in [7, 11) is 2.05. The zero-order chi connectivity index (χ0) is 7.56. The zero-order valence-corrected chi connectivity index (χ0v) is 6.91. The Morgan fingerprint density at radius 2 is 2.30 bits per heavy atom. The summed E-state index contributed by atoms with van der Waals surface area (Å²) in [6.07, 6.45) is 3.48. The van der Waals surface area contributed by atoms with Crippen LogP contribution < -0.4 is 0 Å². The highest BCUT2D eigenvalue weighted by Gasteiger charge is 2.18. The first-order valence-corrected chi connectivity index (χ1v) is 3.78. The molecule has 0 aromatic heterocycles. The van der Waals surface area contributed by atoms with Gasteiger partial charge in [0.2, 0.25) is 0 Å². The molecule has 0 saturated carbocycles. The van der Waals surface area contributed by atoms with E-state index in [0.29, 0.717) is 6.17 Å². The molecule has 58 valence electrons. The molecule has 0 amide bonds. The van der Waals surface area contributed by atoms with Crippen LogP contribution in [0.5, 0.6) is 0 Å². The largest absolute Gasteiger partial charge is 0.343 e. The number of hydrogen-bond donors (Lipinski definition) is 0. The van der Waals surface area contributed by atoms with Gasteiger partial charge in [0.1, 0.15) is 12.5 Å². The predicted molar refractivity (Wildman–Crippen MR) is 42.7 cm³/mol. The molecule has 3 heteroatoms. The lowest BCUT2D eigenvalue weighted by molar-refractivity contribution is 0.164. The van der Waals surface area contributed by atoms with Crippen LogP contribution in [0.3, 0.4) is 0 Å². The standard InChI is InChI=1S/C7H15N3/c1-4-5-10-7(2)9(3)6-8-10/h6-7H,4-5H2,1-3H3. The van der Waals surface area contributed by atoms with Crippen LogP contribution in [0.15, 0.2) is 5.10 Å². The summed E-state index contributed by atoms with van der Waals surface area (Å²) in [5.74, 6) is 0. The molecule has 0 aromatic carbocycles. The van der Waals surface area contributed by atoms with Crippen molar-refractivity contribution in [2.45, 2.75) is 26.4 Å². The number of hydrogen-bond acceptors (Lipinski definition) is 3. The molecule has 0 aromatic rings. The summed E-state index contributed by atoms with van der Waals surface area (Å²) < 4.78 is 0. The average molecular weight is 141 g/mol. The first kappa shape index (κ1) is 7.38. The van der Waals surface area contributed by atoms with Crippen LogP contribution in [-0.4, -0.2) is 36.0 Å². The van der Waals surface area contributed by atoms with E-state index in [2.05, 4.69) is 28.9 Å². The highest BCUT2D eigenvalue weighted by molar-refractivity contribution is 5.56. The Morgan fingerprint density at radius 3 is 2.70 bits per heavy atom. The van der Waals surface area contributed by atoms with Gasteiger partial charge < -0.3 is 4.90 Å². The van der Waals surface area contributed by atoms with Gasteiger partial charge in [0, 0.05) is 13.6 Å².